The van der Waals surface area contributed by atoms with Gasteiger partial charge in [0.1, 0.15) is 0 Å². The molecule has 0 unspecified atom stereocenters. The number of rotatable bonds is 4. The summed E-state index contributed by atoms with van der Waals surface area (Å²) in [6.45, 7) is 4.75. The molecule has 2 N–H and O–H groups in total. The quantitative estimate of drug-likeness (QED) is 0.764. The van der Waals surface area contributed by atoms with Crippen LogP contribution in [0.4, 0.5) is 5.69 Å². The molecule has 1 rings (SSSR count). The lowest BCUT2D eigenvalue weighted by Crippen LogP contribution is -2.02. The summed E-state index contributed by atoms with van der Waals surface area (Å²) in [6, 6.07) is 5.23. The summed E-state index contributed by atoms with van der Waals surface area (Å²) in [7, 11) is 0. The molecule has 0 saturated carbocycles. The van der Waals surface area contributed by atoms with E-state index in [1.165, 1.54) is 0 Å². The summed E-state index contributed by atoms with van der Waals surface area (Å²) in [5, 5.41) is 8.77. The monoisotopic (exact) mass is 206 g/mol. The second-order valence-corrected chi connectivity index (χ2v) is 2.87. The minimum absolute atomic E-state index is 0.430. The van der Waals surface area contributed by atoms with Crippen LogP contribution in [0.3, 0.4) is 0 Å². The van der Waals surface area contributed by atoms with Gasteiger partial charge < -0.3 is 15.2 Å². The van der Waals surface area contributed by atoms with Crippen molar-refractivity contribution in [3.05, 3.63) is 17.7 Å². The highest BCUT2D eigenvalue weighted by Crippen LogP contribution is 2.34. The highest BCUT2D eigenvalue weighted by Gasteiger charge is 2.10. The Labute approximate surface area is 89.2 Å². The number of nitrogen functional groups attached to an aromatic ring is 1. The molecule has 15 heavy (non-hydrogen) atoms. The molecule has 4 heteroatoms. The van der Waals surface area contributed by atoms with Gasteiger partial charge in [0, 0.05) is 6.07 Å². The van der Waals surface area contributed by atoms with Crippen molar-refractivity contribution in [3.8, 4) is 17.6 Å². The van der Waals surface area contributed by atoms with Crippen LogP contribution in [0.15, 0.2) is 12.1 Å². The second-order valence-electron chi connectivity index (χ2n) is 2.87. The molecule has 1 aromatic rings. The maximum absolute atomic E-state index is 8.77. The smallest absolute Gasteiger partial charge is 0.184 e. The first-order valence-corrected chi connectivity index (χ1v) is 4.82. The summed E-state index contributed by atoms with van der Waals surface area (Å²) < 4.78 is 10.7. The van der Waals surface area contributed by atoms with Crippen molar-refractivity contribution in [2.45, 2.75) is 13.8 Å². The first-order chi connectivity index (χ1) is 7.22. The molecule has 0 fully saturated rings. The van der Waals surface area contributed by atoms with Gasteiger partial charge in [-0.1, -0.05) is 0 Å². The van der Waals surface area contributed by atoms with E-state index in [1.54, 1.807) is 12.1 Å². The van der Waals surface area contributed by atoms with Crippen LogP contribution in [-0.4, -0.2) is 13.2 Å². The Morgan fingerprint density at radius 2 is 1.93 bits per heavy atom. The predicted octanol–water partition coefficient (Wildman–Crippen LogP) is 1.94. The van der Waals surface area contributed by atoms with E-state index in [0.717, 1.165) is 0 Å². The van der Waals surface area contributed by atoms with Gasteiger partial charge >= 0.3 is 0 Å². The lowest BCUT2D eigenvalue weighted by atomic mass is 10.2. The van der Waals surface area contributed by atoms with E-state index in [0.29, 0.717) is 36.0 Å². The highest BCUT2D eigenvalue weighted by molar-refractivity contribution is 5.64. The first-order valence-electron chi connectivity index (χ1n) is 4.82. The van der Waals surface area contributed by atoms with Gasteiger partial charge in [-0.25, -0.2) is 0 Å². The normalized spacial score (nSPS) is 9.40. The second kappa shape index (κ2) is 5.11. The van der Waals surface area contributed by atoms with Crippen molar-refractivity contribution >= 4 is 5.69 Å². The fourth-order valence-electron chi connectivity index (χ4n) is 1.25. The molecule has 0 heterocycles. The van der Waals surface area contributed by atoms with E-state index in [2.05, 4.69) is 0 Å². The lowest BCUT2D eigenvalue weighted by Gasteiger charge is -2.13. The van der Waals surface area contributed by atoms with Crippen molar-refractivity contribution in [2.24, 2.45) is 0 Å². The van der Waals surface area contributed by atoms with Crippen molar-refractivity contribution in [3.63, 3.8) is 0 Å². The molecule has 0 radical (unpaired) electrons. The Balaban J connectivity index is 3.17. The topological polar surface area (TPSA) is 68.3 Å². The minimum Gasteiger partial charge on any atom is -0.490 e. The third-order valence-corrected chi connectivity index (χ3v) is 1.80. The van der Waals surface area contributed by atoms with E-state index < -0.39 is 0 Å². The molecule has 0 aliphatic carbocycles. The Morgan fingerprint density at radius 1 is 1.27 bits per heavy atom. The lowest BCUT2D eigenvalue weighted by molar-refractivity contribution is 0.289. The van der Waals surface area contributed by atoms with E-state index in [1.807, 2.05) is 19.9 Å². The molecule has 80 valence electrons. The molecular weight excluding hydrogens is 192 g/mol. The Kier molecular flexibility index (Phi) is 3.81. The molecule has 0 saturated heterocycles. The summed E-state index contributed by atoms with van der Waals surface area (Å²) >= 11 is 0. The van der Waals surface area contributed by atoms with Crippen LogP contribution in [-0.2, 0) is 0 Å². The van der Waals surface area contributed by atoms with Crippen molar-refractivity contribution < 1.29 is 9.47 Å². The predicted molar refractivity (Wildman–Crippen MR) is 57.9 cm³/mol. The molecule has 0 bridgehead atoms. The summed E-state index contributed by atoms with van der Waals surface area (Å²) in [5.74, 6) is 1.04. The summed E-state index contributed by atoms with van der Waals surface area (Å²) in [4.78, 5) is 0. The third-order valence-electron chi connectivity index (χ3n) is 1.80. The molecule has 0 atom stereocenters. The minimum atomic E-state index is 0.430. The summed E-state index contributed by atoms with van der Waals surface area (Å²) in [6.07, 6.45) is 0. The molecular formula is C11H14N2O2. The van der Waals surface area contributed by atoms with Crippen LogP contribution < -0.4 is 15.2 Å². The van der Waals surface area contributed by atoms with Crippen molar-refractivity contribution in [1.29, 1.82) is 5.26 Å². The highest BCUT2D eigenvalue weighted by atomic mass is 16.5. The van der Waals surface area contributed by atoms with Crippen molar-refractivity contribution in [1.82, 2.24) is 0 Å². The van der Waals surface area contributed by atoms with Gasteiger partial charge in [-0.05, 0) is 19.9 Å². The summed E-state index contributed by atoms with van der Waals surface area (Å²) in [5.41, 5.74) is 6.66. The largest absolute Gasteiger partial charge is 0.490 e. The van der Waals surface area contributed by atoms with E-state index in [4.69, 9.17) is 20.5 Å². The van der Waals surface area contributed by atoms with Crippen LogP contribution in [0.2, 0.25) is 0 Å². The number of anilines is 1. The number of nitrogens with two attached hydrogens (primary N) is 1. The van der Waals surface area contributed by atoms with Crippen LogP contribution in [0.5, 0.6) is 11.5 Å². The zero-order valence-corrected chi connectivity index (χ0v) is 8.91. The zero-order chi connectivity index (χ0) is 11.3. The molecule has 0 spiro atoms. The molecule has 0 aromatic heterocycles. The Bertz CT molecular complexity index is 383. The SMILES string of the molecule is CCOc1cc(C#N)cc(N)c1OCC. The van der Waals surface area contributed by atoms with Gasteiger partial charge in [0.2, 0.25) is 0 Å². The van der Waals surface area contributed by atoms with Crippen LogP contribution >= 0.6 is 0 Å². The number of nitriles is 1. The molecule has 0 aliphatic heterocycles. The zero-order valence-electron chi connectivity index (χ0n) is 8.91. The van der Waals surface area contributed by atoms with Gasteiger partial charge in [0.05, 0.1) is 30.5 Å². The third kappa shape index (κ3) is 2.53. The van der Waals surface area contributed by atoms with Gasteiger partial charge in [0.15, 0.2) is 11.5 Å². The maximum Gasteiger partial charge on any atom is 0.184 e. The van der Waals surface area contributed by atoms with Gasteiger partial charge in [-0.15, -0.1) is 0 Å². The molecule has 4 nitrogen and oxygen atoms in total. The number of benzene rings is 1. The van der Waals surface area contributed by atoms with Gasteiger partial charge in [0.25, 0.3) is 0 Å². The molecule has 1 aromatic carbocycles. The van der Waals surface area contributed by atoms with Crippen LogP contribution in [0.25, 0.3) is 0 Å². The molecule has 0 amide bonds. The maximum atomic E-state index is 8.77. The van der Waals surface area contributed by atoms with E-state index >= 15 is 0 Å². The van der Waals surface area contributed by atoms with Crippen molar-refractivity contribution in [2.75, 3.05) is 18.9 Å². The van der Waals surface area contributed by atoms with Gasteiger partial charge in [-0.2, -0.15) is 5.26 Å². The fraction of sp³-hybridized carbons (Fsp3) is 0.364. The van der Waals surface area contributed by atoms with Crippen LogP contribution in [0.1, 0.15) is 19.4 Å². The van der Waals surface area contributed by atoms with E-state index in [-0.39, 0.29) is 0 Å². The molecule has 0 aliphatic rings. The first kappa shape index (κ1) is 11.2. The Hall–Kier alpha value is -1.89. The van der Waals surface area contributed by atoms with Gasteiger partial charge in [-0.3, -0.25) is 0 Å². The number of hydrogen-bond donors (Lipinski definition) is 1. The number of ether oxygens (including phenoxy) is 2. The average Bonchev–Trinajstić information content (AvgIpc) is 2.23. The standard InChI is InChI=1S/C11H14N2O2/c1-3-14-10-6-8(7-12)5-9(13)11(10)15-4-2/h5-6H,3-4,13H2,1-2H3. The fourth-order valence-corrected chi connectivity index (χ4v) is 1.25. The van der Waals surface area contributed by atoms with Crippen LogP contribution in [0, 0.1) is 11.3 Å². The average molecular weight is 206 g/mol. The number of nitrogens with zero attached hydrogens (tertiary/aromatic N) is 1. The van der Waals surface area contributed by atoms with E-state index in [9.17, 15) is 0 Å². The number of hydrogen-bond acceptors (Lipinski definition) is 4. The Morgan fingerprint density at radius 3 is 2.47 bits per heavy atom.